The monoisotopic (exact) mass is 344 g/mol. The fourth-order valence-corrected chi connectivity index (χ4v) is 2.97. The largest absolute Gasteiger partial charge is 0.373 e. The molecule has 1 aliphatic heterocycles. The van der Waals surface area contributed by atoms with Crippen molar-refractivity contribution >= 4 is 11.7 Å². The quantitative estimate of drug-likeness (QED) is 0.859. The minimum Gasteiger partial charge on any atom is -0.373 e. The first-order valence-corrected chi connectivity index (χ1v) is 8.49. The minimum absolute atomic E-state index is 0.233. The Labute approximate surface area is 147 Å². The Morgan fingerprint density at radius 1 is 1.32 bits per heavy atom. The van der Waals surface area contributed by atoms with Crippen LogP contribution in [0.2, 0.25) is 0 Å². The molecule has 0 bridgehead atoms. The van der Waals surface area contributed by atoms with E-state index < -0.39 is 0 Å². The van der Waals surface area contributed by atoms with Crippen LogP contribution in [-0.2, 0) is 4.74 Å². The maximum atomic E-state index is 12.0. The van der Waals surface area contributed by atoms with Crippen molar-refractivity contribution in [2.24, 2.45) is 0 Å². The molecule has 2 atom stereocenters. The van der Waals surface area contributed by atoms with Crippen LogP contribution < -0.4 is 10.6 Å². The molecule has 0 aliphatic carbocycles. The number of morpholine rings is 1. The number of ether oxygens (including phenoxy) is 1. The summed E-state index contributed by atoms with van der Waals surface area (Å²) in [4.78, 5) is 18.6. The lowest BCUT2D eigenvalue weighted by atomic mass is 10.2. The van der Waals surface area contributed by atoms with Gasteiger partial charge in [-0.1, -0.05) is 0 Å². The van der Waals surface area contributed by atoms with E-state index in [0.717, 1.165) is 19.6 Å². The van der Waals surface area contributed by atoms with Gasteiger partial charge in [0.15, 0.2) is 5.82 Å². The van der Waals surface area contributed by atoms with Crippen LogP contribution in [-0.4, -0.2) is 64.1 Å². The number of carbonyl (C=O) groups excluding carboxylic acids is 1. The van der Waals surface area contributed by atoms with Crippen LogP contribution in [0, 0.1) is 0 Å². The first-order chi connectivity index (χ1) is 12.1. The zero-order chi connectivity index (χ0) is 17.6. The number of pyridine rings is 1. The molecular formula is C17H24N6O2. The highest BCUT2D eigenvalue weighted by Gasteiger charge is 2.21. The maximum Gasteiger partial charge on any atom is 0.319 e. The van der Waals surface area contributed by atoms with Crippen molar-refractivity contribution in [2.45, 2.75) is 26.1 Å². The number of nitrogens with one attached hydrogen (secondary N) is 2. The summed E-state index contributed by atoms with van der Waals surface area (Å²) < 4.78 is 7.37. The van der Waals surface area contributed by atoms with Crippen LogP contribution >= 0.6 is 0 Å². The third-order valence-electron chi connectivity index (χ3n) is 3.95. The Balaban J connectivity index is 1.42. The number of carbonyl (C=O) groups is 1. The van der Waals surface area contributed by atoms with Crippen LogP contribution in [0.4, 0.5) is 10.5 Å². The van der Waals surface area contributed by atoms with Crippen molar-refractivity contribution in [1.29, 1.82) is 0 Å². The summed E-state index contributed by atoms with van der Waals surface area (Å²) in [6.45, 7) is 7.33. The molecule has 8 heteroatoms. The fraction of sp³-hybridized carbons (Fsp3) is 0.471. The lowest BCUT2D eigenvalue weighted by Crippen LogP contribution is -2.48. The van der Waals surface area contributed by atoms with E-state index in [0.29, 0.717) is 18.1 Å². The molecule has 2 amide bonds. The molecule has 1 fully saturated rings. The van der Waals surface area contributed by atoms with Crippen LogP contribution in [0.15, 0.2) is 36.8 Å². The molecule has 8 nitrogen and oxygen atoms in total. The first kappa shape index (κ1) is 17.4. The van der Waals surface area contributed by atoms with Gasteiger partial charge >= 0.3 is 6.03 Å². The minimum atomic E-state index is -0.233. The van der Waals surface area contributed by atoms with E-state index in [1.54, 1.807) is 29.2 Å². The van der Waals surface area contributed by atoms with Gasteiger partial charge in [0.1, 0.15) is 0 Å². The number of rotatable bonds is 5. The second-order valence-corrected chi connectivity index (χ2v) is 6.25. The molecule has 134 valence electrons. The molecule has 3 heterocycles. The Kier molecular flexibility index (Phi) is 5.62. The SMILES string of the molecule is C[C@@H]1CN(CCNC(=O)Nc2ccc(-n3cccn3)nc2)C[C@H](C)O1. The Morgan fingerprint density at radius 2 is 2.12 bits per heavy atom. The van der Waals surface area contributed by atoms with Gasteiger partial charge in [0.05, 0.1) is 24.1 Å². The lowest BCUT2D eigenvalue weighted by molar-refractivity contribution is -0.0672. The standard InChI is InChI=1S/C17H24N6O2/c1-13-11-22(12-14(2)25-13)9-7-18-17(24)21-15-4-5-16(19-10-15)23-8-3-6-20-23/h3-6,8,10,13-14H,7,9,11-12H2,1-2H3,(H2,18,21,24)/t13-,14+. The lowest BCUT2D eigenvalue weighted by Gasteiger charge is -2.35. The third-order valence-corrected chi connectivity index (χ3v) is 3.95. The summed E-state index contributed by atoms with van der Waals surface area (Å²) in [5.41, 5.74) is 0.641. The van der Waals surface area contributed by atoms with E-state index in [-0.39, 0.29) is 18.2 Å². The number of anilines is 1. The molecule has 3 rings (SSSR count). The van der Waals surface area contributed by atoms with E-state index in [4.69, 9.17) is 4.74 Å². The van der Waals surface area contributed by atoms with Crippen molar-refractivity contribution < 1.29 is 9.53 Å². The van der Waals surface area contributed by atoms with Gasteiger partial charge < -0.3 is 15.4 Å². The molecule has 0 saturated carbocycles. The number of hydrogen-bond acceptors (Lipinski definition) is 5. The molecular weight excluding hydrogens is 320 g/mol. The molecule has 2 aromatic heterocycles. The van der Waals surface area contributed by atoms with Crippen molar-refractivity contribution in [3.63, 3.8) is 0 Å². The third kappa shape index (κ3) is 5.01. The Bertz CT molecular complexity index is 663. The highest BCUT2D eigenvalue weighted by molar-refractivity contribution is 5.89. The average Bonchev–Trinajstić information content (AvgIpc) is 3.09. The summed E-state index contributed by atoms with van der Waals surface area (Å²) >= 11 is 0. The summed E-state index contributed by atoms with van der Waals surface area (Å²) in [5.74, 6) is 0.700. The summed E-state index contributed by atoms with van der Waals surface area (Å²) in [7, 11) is 0. The predicted octanol–water partition coefficient (Wildman–Crippen LogP) is 1.50. The predicted molar refractivity (Wildman–Crippen MR) is 94.8 cm³/mol. The van der Waals surface area contributed by atoms with Gasteiger partial charge in [-0.3, -0.25) is 4.90 Å². The second-order valence-electron chi connectivity index (χ2n) is 6.25. The van der Waals surface area contributed by atoms with E-state index >= 15 is 0 Å². The van der Waals surface area contributed by atoms with Crippen molar-refractivity contribution in [3.8, 4) is 5.82 Å². The number of urea groups is 1. The normalized spacial score (nSPS) is 21.0. The van der Waals surface area contributed by atoms with Crippen LogP contribution in [0.5, 0.6) is 0 Å². The van der Waals surface area contributed by atoms with Crippen molar-refractivity contribution in [2.75, 3.05) is 31.5 Å². The van der Waals surface area contributed by atoms with Gasteiger partial charge in [-0.15, -0.1) is 0 Å². The molecule has 1 saturated heterocycles. The second kappa shape index (κ2) is 8.09. The van der Waals surface area contributed by atoms with E-state index in [9.17, 15) is 4.79 Å². The smallest absolute Gasteiger partial charge is 0.319 e. The molecule has 25 heavy (non-hydrogen) atoms. The van der Waals surface area contributed by atoms with Gasteiger partial charge in [0.2, 0.25) is 0 Å². The molecule has 2 aromatic rings. The van der Waals surface area contributed by atoms with Gasteiger partial charge in [0.25, 0.3) is 0 Å². The average molecular weight is 344 g/mol. The number of nitrogens with zero attached hydrogens (tertiary/aromatic N) is 4. The molecule has 0 aromatic carbocycles. The summed E-state index contributed by atoms with van der Waals surface area (Å²) in [6, 6.07) is 5.20. The Hall–Kier alpha value is -2.45. The van der Waals surface area contributed by atoms with Crippen LogP contribution in [0.3, 0.4) is 0 Å². The van der Waals surface area contributed by atoms with Gasteiger partial charge in [-0.2, -0.15) is 5.10 Å². The first-order valence-electron chi connectivity index (χ1n) is 8.49. The van der Waals surface area contributed by atoms with Gasteiger partial charge in [-0.05, 0) is 32.0 Å². The summed E-state index contributed by atoms with van der Waals surface area (Å²) in [5, 5.41) is 9.77. The molecule has 1 aliphatic rings. The topological polar surface area (TPSA) is 84.3 Å². The van der Waals surface area contributed by atoms with Crippen molar-refractivity contribution in [3.05, 3.63) is 36.8 Å². The highest BCUT2D eigenvalue weighted by atomic mass is 16.5. The Morgan fingerprint density at radius 3 is 2.76 bits per heavy atom. The zero-order valence-electron chi connectivity index (χ0n) is 14.6. The molecule has 0 unspecified atom stereocenters. The van der Waals surface area contributed by atoms with Crippen LogP contribution in [0.25, 0.3) is 5.82 Å². The highest BCUT2D eigenvalue weighted by Crippen LogP contribution is 2.10. The number of amides is 2. The number of hydrogen-bond donors (Lipinski definition) is 2. The van der Waals surface area contributed by atoms with Gasteiger partial charge in [-0.25, -0.2) is 14.5 Å². The van der Waals surface area contributed by atoms with E-state index in [1.807, 2.05) is 12.3 Å². The summed E-state index contributed by atoms with van der Waals surface area (Å²) in [6.07, 6.45) is 5.59. The van der Waals surface area contributed by atoms with Gasteiger partial charge in [0, 0.05) is 38.6 Å². The fourth-order valence-electron chi connectivity index (χ4n) is 2.97. The van der Waals surface area contributed by atoms with Crippen LogP contribution in [0.1, 0.15) is 13.8 Å². The maximum absolute atomic E-state index is 12.0. The molecule has 2 N–H and O–H groups in total. The van der Waals surface area contributed by atoms with Crippen molar-refractivity contribution in [1.82, 2.24) is 25.0 Å². The number of aromatic nitrogens is 3. The molecule has 0 spiro atoms. The molecule has 0 radical (unpaired) electrons. The van der Waals surface area contributed by atoms with E-state index in [1.165, 1.54) is 0 Å². The van der Waals surface area contributed by atoms with E-state index in [2.05, 4.69) is 39.5 Å². The zero-order valence-corrected chi connectivity index (χ0v) is 14.6.